The molecule has 4 aromatic carbocycles. The van der Waals surface area contributed by atoms with Gasteiger partial charge in [-0.05, 0) is 320 Å². The Hall–Kier alpha value is -7.38. The lowest BCUT2D eigenvalue weighted by atomic mass is 9.63. The summed E-state index contributed by atoms with van der Waals surface area (Å²) in [6.07, 6.45) is 63.3. The molecule has 9 heterocycles. The van der Waals surface area contributed by atoms with Crippen LogP contribution >= 0.6 is 102 Å². The first-order valence-electron chi connectivity index (χ1n) is 45.1. The lowest BCUT2D eigenvalue weighted by Gasteiger charge is -2.40. The van der Waals surface area contributed by atoms with Crippen LogP contribution in [-0.4, -0.2) is 0 Å². The Balaban J connectivity index is 0.916. The van der Waals surface area contributed by atoms with Crippen molar-refractivity contribution in [2.75, 3.05) is 0 Å². The zero-order valence-corrected chi connectivity index (χ0v) is 78.3. The topological polar surface area (TPSA) is 0 Å². The van der Waals surface area contributed by atoms with E-state index in [-0.39, 0.29) is 16.2 Å². The summed E-state index contributed by atoms with van der Waals surface area (Å²) in [4.78, 5) is 19.6. The van der Waals surface area contributed by atoms with Gasteiger partial charge in [-0.2, -0.15) is 0 Å². The molecule has 0 radical (unpaired) electrons. The minimum atomic E-state index is -0.213. The summed E-state index contributed by atoms with van der Waals surface area (Å²) in [5, 5.41) is 6.47. The van der Waals surface area contributed by atoms with Crippen molar-refractivity contribution in [2.45, 2.75) is 244 Å². The van der Waals surface area contributed by atoms with Gasteiger partial charge in [-0.3, -0.25) is 0 Å². The average molecular weight is 1730 g/mol. The standard InChI is InChI=1S/C110H118S9/c1-7-13-19-25-67-108(66-24-18-12-6)96-75-78(99-63-57-90(117-99)54-51-87-48-45-84(114-87)42-39-81-33-30-72-111-81)36-60-93(96)102-105(108)103-94-61-37-79(100-64-58-91(118-100)55-52-88-49-46-85(115-88)43-40-82-34-31-73-112-82)76-97(94)109(68-26-20-14-8-2,69-27-21-15-9-3)107(103)104-95-62-38-80(77-98(95)110(106(102)104,70-28-22-16-10-4)71-29-23-17-11-5)101-65-59-92(119-101)56-53-89-50-47-86(116-89)44-41-83-35-32-74-113-83/h30-65,72-77H,7-29,66-71H2,1-6H3/b42-39+,43-40+,44-41+,54-51+,55-52+,56-53+. The third kappa shape index (κ3) is 19.1. The van der Waals surface area contributed by atoms with Crippen molar-refractivity contribution in [3.63, 3.8) is 0 Å². The summed E-state index contributed by atoms with van der Waals surface area (Å²) in [5.41, 5.74) is 23.2. The Morgan fingerprint density at radius 1 is 0.218 bits per heavy atom. The van der Waals surface area contributed by atoms with E-state index >= 15 is 0 Å². The van der Waals surface area contributed by atoms with Crippen LogP contribution in [0, 0.1) is 0 Å². The first kappa shape index (κ1) is 85.2. The predicted octanol–water partition coefficient (Wildman–Crippen LogP) is 38.5. The van der Waals surface area contributed by atoms with Crippen molar-refractivity contribution in [3.8, 4) is 64.7 Å². The van der Waals surface area contributed by atoms with E-state index in [9.17, 15) is 0 Å². The van der Waals surface area contributed by atoms with Crippen LogP contribution < -0.4 is 0 Å². The molecule has 0 amide bonds. The molecule has 0 nitrogen and oxygen atoms in total. The van der Waals surface area contributed by atoms with Crippen LogP contribution in [0.15, 0.2) is 180 Å². The van der Waals surface area contributed by atoms with Gasteiger partial charge in [0.25, 0.3) is 0 Å². The molecule has 9 heteroatoms. The summed E-state index contributed by atoms with van der Waals surface area (Å²) in [6, 6.07) is 65.7. The summed E-state index contributed by atoms with van der Waals surface area (Å²) >= 11 is 16.9. The van der Waals surface area contributed by atoms with E-state index in [2.05, 4.69) is 294 Å². The number of fused-ring (bicyclic) bond motifs is 12. The minimum Gasteiger partial charge on any atom is -0.144 e. The zero-order valence-electron chi connectivity index (χ0n) is 70.9. The molecule has 0 aliphatic heterocycles. The molecule has 612 valence electrons. The van der Waals surface area contributed by atoms with E-state index in [1.165, 1.54) is 270 Å². The number of unbranched alkanes of at least 4 members (excludes halogenated alkanes) is 17. The van der Waals surface area contributed by atoms with Crippen molar-refractivity contribution in [1.82, 2.24) is 0 Å². The molecule has 0 spiro atoms. The van der Waals surface area contributed by atoms with Crippen molar-refractivity contribution < 1.29 is 0 Å². The molecule has 0 saturated heterocycles. The molecule has 9 aromatic heterocycles. The van der Waals surface area contributed by atoms with Gasteiger partial charge in [-0.25, -0.2) is 0 Å². The largest absolute Gasteiger partial charge is 0.144 e. The maximum atomic E-state index is 2.83. The average Bonchev–Trinajstić information content (AvgIpc) is 1.48. The van der Waals surface area contributed by atoms with Crippen molar-refractivity contribution in [3.05, 3.63) is 272 Å². The molecule has 3 aliphatic carbocycles. The van der Waals surface area contributed by atoms with E-state index in [4.69, 9.17) is 0 Å². The molecular formula is C110H118S9. The highest BCUT2D eigenvalue weighted by molar-refractivity contribution is 7.18. The second kappa shape index (κ2) is 40.7. The van der Waals surface area contributed by atoms with Crippen molar-refractivity contribution in [2.24, 2.45) is 0 Å². The van der Waals surface area contributed by atoms with Crippen LogP contribution in [-0.2, 0) is 16.2 Å². The fourth-order valence-electron chi connectivity index (χ4n) is 19.8. The van der Waals surface area contributed by atoms with Crippen molar-refractivity contribution in [1.29, 1.82) is 0 Å². The predicted molar refractivity (Wildman–Crippen MR) is 542 cm³/mol. The van der Waals surface area contributed by atoms with Crippen LogP contribution in [0.25, 0.3) is 138 Å². The first-order valence-corrected chi connectivity index (χ1v) is 52.7. The molecule has 1 atom stereocenters. The number of rotatable bonds is 44. The Kier molecular flexibility index (Phi) is 29.2. The van der Waals surface area contributed by atoms with Gasteiger partial charge in [0, 0.05) is 89.4 Å². The molecule has 1 unspecified atom stereocenters. The fourth-order valence-corrected chi connectivity index (χ4v) is 26.8. The van der Waals surface area contributed by atoms with E-state index < -0.39 is 0 Å². The van der Waals surface area contributed by atoms with Crippen LogP contribution in [0.3, 0.4) is 0 Å². The van der Waals surface area contributed by atoms with E-state index in [1.807, 2.05) is 68.0 Å². The smallest absolute Gasteiger partial charge is 0.0349 e. The van der Waals surface area contributed by atoms with Gasteiger partial charge in [0.05, 0.1) is 0 Å². The highest BCUT2D eigenvalue weighted by atomic mass is 32.1. The van der Waals surface area contributed by atoms with E-state index in [0.29, 0.717) is 0 Å². The maximum Gasteiger partial charge on any atom is 0.0349 e. The van der Waals surface area contributed by atoms with Crippen LogP contribution in [0.2, 0.25) is 0 Å². The highest BCUT2D eigenvalue weighted by Gasteiger charge is 2.58. The first-order chi connectivity index (χ1) is 58.6. The third-order valence-electron chi connectivity index (χ3n) is 25.6. The molecule has 0 fully saturated rings. The molecule has 3 aliphatic rings. The normalized spacial score (nSPS) is 15.1. The van der Waals surface area contributed by atoms with Gasteiger partial charge in [0.15, 0.2) is 0 Å². The van der Waals surface area contributed by atoms with Gasteiger partial charge in [-0.15, -0.1) is 102 Å². The molecular weight excluding hydrogens is 1610 g/mol. The molecule has 0 bridgehead atoms. The van der Waals surface area contributed by atoms with Crippen LogP contribution in [0.5, 0.6) is 0 Å². The molecule has 0 saturated carbocycles. The maximum absolute atomic E-state index is 2.83. The highest BCUT2D eigenvalue weighted by Crippen LogP contribution is 2.72. The van der Waals surface area contributed by atoms with E-state index in [0.717, 1.165) is 6.42 Å². The number of benzene rings is 4. The van der Waals surface area contributed by atoms with Gasteiger partial charge in [-0.1, -0.05) is 244 Å². The van der Waals surface area contributed by atoms with Gasteiger partial charge < -0.3 is 0 Å². The minimum absolute atomic E-state index is 0.213. The quantitative estimate of drug-likeness (QED) is 0.0334. The molecule has 119 heavy (non-hydrogen) atoms. The molecule has 0 N–H and O–H groups in total. The lowest BCUT2D eigenvalue weighted by molar-refractivity contribution is 0.390. The zero-order chi connectivity index (χ0) is 81.4. The van der Waals surface area contributed by atoms with Gasteiger partial charge in [0.2, 0.25) is 0 Å². The monoisotopic (exact) mass is 1730 g/mol. The molecule has 16 rings (SSSR count). The number of thiophene rings is 9. The van der Waals surface area contributed by atoms with Gasteiger partial charge >= 0.3 is 0 Å². The SMILES string of the molecule is CCCCCCC1(CCCCC)c2cc(-c3ccc(/C=C/c4ccc(/C=C/c5cccs5)s4)s3)ccc2-c2c1c1c(c3c2C(CCCCCC)(CCCCCC)c2cc(-c4ccc(/C=C/c5ccc(/C=C/c6cccs6)s5)s4)ccc2-3)C(CCCCCC)(CCCCCC)c2cc(-c3ccc(/C=C/c4ccc(/C=C/c5cccs5)s4)s3)ccc2-1. The Morgan fingerprint density at radius 3 is 0.672 bits per heavy atom. The second-order valence-electron chi connectivity index (χ2n) is 33.7. The van der Waals surface area contributed by atoms with Crippen LogP contribution in [0.1, 0.15) is 320 Å². The van der Waals surface area contributed by atoms with E-state index in [1.54, 1.807) is 101 Å². The number of hydrogen-bond donors (Lipinski definition) is 0. The van der Waals surface area contributed by atoms with Gasteiger partial charge in [0.1, 0.15) is 0 Å². The Morgan fingerprint density at radius 2 is 0.437 bits per heavy atom. The lowest BCUT2D eigenvalue weighted by Crippen LogP contribution is -2.31. The number of hydrogen-bond acceptors (Lipinski definition) is 9. The van der Waals surface area contributed by atoms with Crippen LogP contribution in [0.4, 0.5) is 0 Å². The van der Waals surface area contributed by atoms with Crippen molar-refractivity contribution >= 4 is 175 Å². The summed E-state index contributed by atoms with van der Waals surface area (Å²) < 4.78 is 0. The molecule has 13 aromatic rings. The second-order valence-corrected chi connectivity index (χ2v) is 43.4. The summed E-state index contributed by atoms with van der Waals surface area (Å²) in [7, 11) is 0. The summed E-state index contributed by atoms with van der Waals surface area (Å²) in [5.74, 6) is 0. The summed E-state index contributed by atoms with van der Waals surface area (Å²) in [6.45, 7) is 14.6. The Bertz CT molecular complexity index is 5590. The fraction of sp³-hybridized carbons (Fsp3) is 0.345. The third-order valence-corrected chi connectivity index (χ3v) is 34.5. The Labute approximate surface area is 748 Å².